The van der Waals surface area contributed by atoms with Crippen LogP contribution < -0.4 is 11.1 Å². The maximum atomic E-state index is 12.4. The summed E-state index contributed by atoms with van der Waals surface area (Å²) in [4.78, 5) is 40.2. The van der Waals surface area contributed by atoms with E-state index in [2.05, 4.69) is 40.0 Å². The fourth-order valence-electron chi connectivity index (χ4n) is 6.34. The van der Waals surface area contributed by atoms with Crippen molar-refractivity contribution < 1.29 is 19.7 Å². The van der Waals surface area contributed by atoms with Crippen molar-refractivity contribution in [3.05, 3.63) is 36.7 Å². The van der Waals surface area contributed by atoms with Crippen molar-refractivity contribution in [1.82, 2.24) is 44.2 Å². The molecule has 254 valence electrons. The maximum Gasteiger partial charge on any atom is 0.229 e. The molecule has 2 aliphatic rings. The molecule has 47 heavy (non-hydrogen) atoms. The molecule has 1 amide bonds. The van der Waals surface area contributed by atoms with Crippen LogP contribution in [0.25, 0.3) is 22.2 Å². The quantitative estimate of drug-likeness (QED) is 0.167. The van der Waals surface area contributed by atoms with E-state index < -0.39 is 30.0 Å². The summed E-state index contributed by atoms with van der Waals surface area (Å²) in [7, 11) is 4.10. The van der Waals surface area contributed by atoms with E-state index in [1.807, 2.05) is 53.1 Å². The molecule has 0 aliphatic carbocycles. The van der Waals surface area contributed by atoms with Crippen LogP contribution in [0.1, 0.15) is 45.7 Å². The van der Waals surface area contributed by atoms with Crippen LogP contribution in [0.4, 0.5) is 11.5 Å². The van der Waals surface area contributed by atoms with Crippen LogP contribution in [0.15, 0.2) is 30.9 Å². The number of rotatable bonds is 10. The number of aliphatic hydroxyl groups excluding tert-OH is 2. The SMILES string of the molecule is CN(C)CCN(C[C@H]1O[C@@H](n2cnc3c(N)ncnc32)[C@H](O)[C@@H]1O)C1CCN(Cc2nc3ccc(NC(=O)C(C)(C)C)cc3[nH]2)CC1. The summed E-state index contributed by atoms with van der Waals surface area (Å²) in [6.45, 7) is 10.3. The van der Waals surface area contributed by atoms with Crippen molar-refractivity contribution in [2.45, 2.75) is 70.7 Å². The molecule has 3 aromatic heterocycles. The number of carbonyl (C=O) groups is 1. The minimum atomic E-state index is -1.15. The molecule has 15 heteroatoms. The van der Waals surface area contributed by atoms with Crippen LogP contribution in [-0.2, 0) is 16.1 Å². The highest BCUT2D eigenvalue weighted by Crippen LogP contribution is 2.33. The van der Waals surface area contributed by atoms with Gasteiger partial charge >= 0.3 is 0 Å². The van der Waals surface area contributed by atoms with Crippen LogP contribution >= 0.6 is 0 Å². The number of likely N-dealkylation sites (tertiary alicyclic amines) is 1. The van der Waals surface area contributed by atoms with Gasteiger partial charge in [0.1, 0.15) is 36.0 Å². The van der Waals surface area contributed by atoms with E-state index >= 15 is 0 Å². The molecule has 4 aromatic rings. The number of amides is 1. The first-order valence-corrected chi connectivity index (χ1v) is 16.2. The van der Waals surface area contributed by atoms with Gasteiger partial charge in [-0.15, -0.1) is 0 Å². The van der Waals surface area contributed by atoms with E-state index in [9.17, 15) is 15.0 Å². The smallest absolute Gasteiger partial charge is 0.229 e. The predicted octanol–water partition coefficient (Wildman–Crippen LogP) is 1.42. The summed E-state index contributed by atoms with van der Waals surface area (Å²) in [6, 6.07) is 6.05. The van der Waals surface area contributed by atoms with Gasteiger partial charge in [-0.25, -0.2) is 19.9 Å². The molecule has 6 rings (SSSR count). The van der Waals surface area contributed by atoms with Gasteiger partial charge in [-0.2, -0.15) is 0 Å². The van der Waals surface area contributed by atoms with E-state index in [-0.39, 0.29) is 11.7 Å². The monoisotopic (exact) mass is 649 g/mol. The van der Waals surface area contributed by atoms with Crippen molar-refractivity contribution >= 4 is 39.6 Å². The van der Waals surface area contributed by atoms with Gasteiger partial charge < -0.3 is 35.9 Å². The summed E-state index contributed by atoms with van der Waals surface area (Å²) in [6.07, 6.45) is 1.10. The van der Waals surface area contributed by atoms with Gasteiger partial charge in [-0.1, -0.05) is 20.8 Å². The Hall–Kier alpha value is -3.73. The van der Waals surface area contributed by atoms with Crippen molar-refractivity contribution in [2.24, 2.45) is 5.41 Å². The zero-order chi connectivity index (χ0) is 33.5. The van der Waals surface area contributed by atoms with Crippen LogP contribution in [-0.4, -0.2) is 131 Å². The first-order chi connectivity index (χ1) is 22.4. The normalized spacial score (nSPS) is 23.1. The number of hydrogen-bond acceptors (Lipinski definition) is 12. The third kappa shape index (κ3) is 7.24. The molecule has 1 aromatic carbocycles. The highest BCUT2D eigenvalue weighted by atomic mass is 16.6. The molecule has 6 N–H and O–H groups in total. The fourth-order valence-corrected chi connectivity index (χ4v) is 6.34. The number of aliphatic hydroxyl groups is 2. The maximum absolute atomic E-state index is 12.4. The van der Waals surface area contributed by atoms with Crippen LogP contribution in [0, 0.1) is 5.41 Å². The highest BCUT2D eigenvalue weighted by molar-refractivity contribution is 5.96. The molecule has 0 bridgehead atoms. The number of carbonyl (C=O) groups excluding carboxylic acids is 1. The third-order valence-corrected chi connectivity index (χ3v) is 9.16. The molecule has 2 saturated heterocycles. The van der Waals surface area contributed by atoms with Crippen LogP contribution in [0.2, 0.25) is 0 Å². The number of fused-ring (bicyclic) bond motifs is 2. The van der Waals surface area contributed by atoms with Gasteiger partial charge in [0.2, 0.25) is 5.91 Å². The lowest BCUT2D eigenvalue weighted by molar-refractivity contribution is -0.123. The Balaban J connectivity index is 1.08. The number of piperidine rings is 1. The second-order valence-electron chi connectivity index (χ2n) is 14.1. The van der Waals surface area contributed by atoms with Crippen molar-refractivity contribution in [2.75, 3.05) is 57.9 Å². The van der Waals surface area contributed by atoms with Crippen LogP contribution in [0.3, 0.4) is 0 Å². The van der Waals surface area contributed by atoms with E-state index in [4.69, 9.17) is 15.5 Å². The molecule has 2 fully saturated rings. The Morgan fingerprint density at radius 1 is 1.13 bits per heavy atom. The number of aromatic nitrogens is 6. The third-order valence-electron chi connectivity index (χ3n) is 9.16. The van der Waals surface area contributed by atoms with Crippen molar-refractivity contribution in [3.8, 4) is 0 Å². The lowest BCUT2D eigenvalue weighted by Gasteiger charge is -2.40. The van der Waals surface area contributed by atoms with Gasteiger partial charge in [0.25, 0.3) is 0 Å². The van der Waals surface area contributed by atoms with Gasteiger partial charge in [0, 0.05) is 49.9 Å². The Bertz CT molecular complexity index is 1690. The summed E-state index contributed by atoms with van der Waals surface area (Å²) in [5.74, 6) is 1.11. The number of aromatic amines is 1. The van der Waals surface area contributed by atoms with E-state index in [1.54, 1.807) is 4.57 Å². The lowest BCUT2D eigenvalue weighted by Crippen LogP contribution is -2.50. The number of nitrogens with zero attached hydrogens (tertiary/aromatic N) is 8. The number of hydrogen-bond donors (Lipinski definition) is 5. The van der Waals surface area contributed by atoms with Gasteiger partial charge in [0.05, 0.1) is 23.9 Å². The molecule has 15 nitrogen and oxygen atoms in total. The molecule has 2 aliphatic heterocycles. The Morgan fingerprint density at radius 2 is 1.89 bits per heavy atom. The molecule has 0 saturated carbocycles. The average molecular weight is 650 g/mol. The largest absolute Gasteiger partial charge is 0.387 e. The summed E-state index contributed by atoms with van der Waals surface area (Å²) in [5, 5.41) is 25.1. The second kappa shape index (κ2) is 13.4. The number of anilines is 2. The first-order valence-electron chi connectivity index (χ1n) is 16.2. The molecule has 4 atom stereocenters. The number of benzene rings is 1. The topological polar surface area (TPSA) is 187 Å². The molecule has 0 spiro atoms. The van der Waals surface area contributed by atoms with E-state index in [0.29, 0.717) is 30.3 Å². The van der Waals surface area contributed by atoms with Crippen molar-refractivity contribution in [3.63, 3.8) is 0 Å². The molecular formula is C32H47N11O4. The Morgan fingerprint density at radius 3 is 2.62 bits per heavy atom. The fraction of sp³-hybridized carbons (Fsp3) is 0.594. The number of nitrogen functional groups attached to an aromatic ring is 1. The van der Waals surface area contributed by atoms with Gasteiger partial charge in [-0.05, 0) is 45.1 Å². The number of likely N-dealkylation sites (N-methyl/N-ethyl adjacent to an activating group) is 1. The number of nitrogens with one attached hydrogen (secondary N) is 2. The van der Waals surface area contributed by atoms with Crippen LogP contribution in [0.5, 0.6) is 0 Å². The highest BCUT2D eigenvalue weighted by Gasteiger charge is 2.45. The second-order valence-corrected chi connectivity index (χ2v) is 14.1. The summed E-state index contributed by atoms with van der Waals surface area (Å²) >= 11 is 0. The minimum Gasteiger partial charge on any atom is -0.387 e. The standard InChI is InChI=1S/C32H47N11O4/c1-32(2,3)31(46)37-19-6-7-21-22(14-19)39-24(38-21)16-41-10-8-20(9-11-41)42(13-12-40(4)5)15-23-26(44)27(45)30(47-23)43-18-36-25-28(33)34-17-35-29(25)43/h6-7,14,17-18,20,23,26-27,30,44-45H,8-13,15-16H2,1-5H3,(H,37,46)(H,38,39)(H2,33,34,35)/t23-,26-,27-,30-/m1/s1. The first kappa shape index (κ1) is 33.2. The minimum absolute atomic E-state index is 0.0309. The summed E-state index contributed by atoms with van der Waals surface area (Å²) < 4.78 is 7.92. The molecule has 5 heterocycles. The number of nitrogens with two attached hydrogens (primary N) is 1. The van der Waals surface area contributed by atoms with Gasteiger partial charge in [-0.3, -0.25) is 19.2 Å². The molecule has 0 unspecified atom stereocenters. The zero-order valence-corrected chi connectivity index (χ0v) is 27.8. The van der Waals surface area contributed by atoms with Crippen molar-refractivity contribution in [1.29, 1.82) is 0 Å². The van der Waals surface area contributed by atoms with Gasteiger partial charge in [0.15, 0.2) is 17.7 Å². The van der Waals surface area contributed by atoms with E-state index in [1.165, 1.54) is 12.7 Å². The Kier molecular flexibility index (Phi) is 9.47. The number of ether oxygens (including phenoxy) is 1. The average Bonchev–Trinajstić information content (AvgIpc) is 3.71. The zero-order valence-electron chi connectivity index (χ0n) is 27.8. The molecule has 0 radical (unpaired) electrons. The number of imidazole rings is 2. The van der Waals surface area contributed by atoms with E-state index in [0.717, 1.165) is 61.6 Å². The lowest BCUT2D eigenvalue weighted by atomic mass is 9.95. The Labute approximate surface area is 274 Å². The summed E-state index contributed by atoms with van der Waals surface area (Å²) in [5.41, 5.74) is 8.87. The predicted molar refractivity (Wildman–Crippen MR) is 178 cm³/mol. The molecular weight excluding hydrogens is 602 g/mol. The number of H-pyrrole nitrogens is 1.